The number of rotatable bonds is 0. The third-order valence-corrected chi connectivity index (χ3v) is 0. The molecule has 0 aromatic heterocycles. The molecule has 0 aromatic rings. The smallest absolute Gasteiger partial charge is 1.00 e. The van der Waals surface area contributed by atoms with E-state index < -0.39 is 10.4 Å². The fraction of sp³-hybridized carbons (Fsp3) is 0. The molecule has 0 bridgehead atoms. The van der Waals surface area contributed by atoms with Crippen LogP contribution in [0.25, 0.3) is 0 Å². The minimum absolute atomic E-state index is 0. The molecule has 0 unspecified atom stereocenters. The molecule has 4 nitrogen and oxygen atoms in total. The van der Waals surface area contributed by atoms with Gasteiger partial charge in [0.1, 0.15) is 0 Å². The van der Waals surface area contributed by atoms with Crippen LogP contribution < -0.4 is 0 Å². The second kappa shape index (κ2) is 5.44. The zero-order chi connectivity index (χ0) is 4.50. The maximum absolute atomic E-state index is 8.74. The molecule has 0 saturated carbocycles. The largest absolute Gasteiger partial charge is 2.00 e. The molecule has 40 valence electrons. The van der Waals surface area contributed by atoms with E-state index in [-0.39, 0.29) is 53.6 Å². The molecule has 7 heteroatoms. The van der Waals surface area contributed by atoms with Gasteiger partial charge in [-0.3, -0.25) is 9.11 Å². The van der Waals surface area contributed by atoms with Gasteiger partial charge in [-0.2, -0.15) is 8.42 Å². The number of hydrogen-bond acceptors (Lipinski definition) is 2. The zero-order valence-corrected chi connectivity index (χ0v) is 6.56. The summed E-state index contributed by atoms with van der Waals surface area (Å²) in [6.07, 6.45) is 0. The zero-order valence-electron chi connectivity index (χ0n) is 7.53. The molecule has 0 atom stereocenters. The number of hydrogen-bond donors (Lipinski definition) is 2. The van der Waals surface area contributed by atoms with Crippen molar-refractivity contribution in [2.75, 3.05) is 0 Å². The normalized spacial score (nSPS) is 8.29. The molecule has 0 radical (unpaired) electrons. The Balaban J connectivity index is -0.00000000533. The molecule has 0 spiro atoms. The van der Waals surface area contributed by atoms with Crippen LogP contribution in [0.2, 0.25) is 0 Å². The molecule has 0 fully saturated rings. The molecular formula is H6BeCaO4S. The monoisotopic (exact) mass is 151 g/mol. The first-order chi connectivity index (χ1) is 2.00. The predicted octanol–water partition coefficient (Wildman–Crippen LogP) is -0.964. The third kappa shape index (κ3) is 122. The fourth-order valence-electron chi connectivity index (χ4n) is 0. The minimum Gasteiger partial charge on any atom is -1.00 e. The molecule has 0 saturated heterocycles. The molecule has 0 heterocycles. The van der Waals surface area contributed by atoms with Gasteiger partial charge in [0.2, 0.25) is 0 Å². The van der Waals surface area contributed by atoms with Gasteiger partial charge in [0.05, 0.1) is 0 Å². The predicted molar refractivity (Wildman–Crippen MR) is 30.1 cm³/mol. The Bertz CT molecular complexity index is 105. The van der Waals surface area contributed by atoms with Gasteiger partial charge in [0.15, 0.2) is 0 Å². The van der Waals surface area contributed by atoms with Crippen molar-refractivity contribution in [2.45, 2.75) is 0 Å². The van der Waals surface area contributed by atoms with E-state index in [1.807, 2.05) is 0 Å². The first-order valence-corrected chi connectivity index (χ1v) is 2.10. The summed E-state index contributed by atoms with van der Waals surface area (Å²) < 4.78 is 31.6. The van der Waals surface area contributed by atoms with Gasteiger partial charge in [-0.05, 0) is 0 Å². The summed E-state index contributed by atoms with van der Waals surface area (Å²) >= 11 is 0. The summed E-state index contributed by atoms with van der Waals surface area (Å²) in [5, 5.41) is 0. The van der Waals surface area contributed by atoms with E-state index in [1.54, 1.807) is 0 Å². The van der Waals surface area contributed by atoms with Crippen molar-refractivity contribution < 1.29 is 23.2 Å². The maximum Gasteiger partial charge on any atom is 2.00 e. The van der Waals surface area contributed by atoms with E-state index in [2.05, 4.69) is 0 Å². The van der Waals surface area contributed by atoms with Gasteiger partial charge in [-0.1, -0.05) is 0 Å². The Hall–Kier alpha value is 1.30. The average Bonchev–Trinajstić information content (AvgIpc) is 0.722. The quantitative estimate of drug-likeness (QED) is 0.345. The third-order valence-electron chi connectivity index (χ3n) is 0. The Morgan fingerprint density at radius 2 is 1.29 bits per heavy atom. The standard InChI is InChI=1S/Be.Ca.H2O4S.4H/c;;1-5(2,3)4;;;;/h;;(H2,1,2,3,4);;;;/q2*+2;;4*-1. The topological polar surface area (TPSA) is 74.6 Å². The van der Waals surface area contributed by atoms with Crippen LogP contribution in [0.5, 0.6) is 0 Å². The van der Waals surface area contributed by atoms with Crippen molar-refractivity contribution >= 4 is 58.3 Å². The summed E-state index contributed by atoms with van der Waals surface area (Å²) in [6.45, 7) is 0. The van der Waals surface area contributed by atoms with Gasteiger partial charge in [-0.25, -0.2) is 0 Å². The fourth-order valence-corrected chi connectivity index (χ4v) is 0. The van der Waals surface area contributed by atoms with Crippen molar-refractivity contribution in [2.24, 2.45) is 0 Å². The van der Waals surface area contributed by atoms with Crippen molar-refractivity contribution in [1.29, 1.82) is 0 Å². The van der Waals surface area contributed by atoms with Crippen LogP contribution in [0.3, 0.4) is 0 Å². The van der Waals surface area contributed by atoms with Crippen molar-refractivity contribution in [3.63, 3.8) is 0 Å². The van der Waals surface area contributed by atoms with Crippen LogP contribution in [0.4, 0.5) is 0 Å². The van der Waals surface area contributed by atoms with Gasteiger partial charge >= 0.3 is 58.3 Å². The van der Waals surface area contributed by atoms with E-state index in [0.29, 0.717) is 0 Å². The van der Waals surface area contributed by atoms with Gasteiger partial charge in [0.25, 0.3) is 0 Å². The van der Waals surface area contributed by atoms with E-state index >= 15 is 0 Å². The summed E-state index contributed by atoms with van der Waals surface area (Å²) in [4.78, 5) is 0. The average molecular weight is 151 g/mol. The van der Waals surface area contributed by atoms with Crippen LogP contribution in [-0.4, -0.2) is 65.4 Å². The Morgan fingerprint density at radius 3 is 1.29 bits per heavy atom. The van der Waals surface area contributed by atoms with Crippen molar-refractivity contribution in [1.82, 2.24) is 0 Å². The molecular weight excluding hydrogens is 145 g/mol. The first-order valence-electron chi connectivity index (χ1n) is 0.698. The molecule has 0 amide bonds. The Kier molecular flexibility index (Phi) is 12.2. The summed E-state index contributed by atoms with van der Waals surface area (Å²) in [6, 6.07) is 0. The second-order valence-electron chi connectivity index (χ2n) is 0.448. The minimum atomic E-state index is -4.67. The van der Waals surface area contributed by atoms with E-state index in [4.69, 9.17) is 17.5 Å². The molecule has 0 aliphatic carbocycles. The first kappa shape index (κ1) is 15.7. The van der Waals surface area contributed by atoms with Crippen LogP contribution >= 0.6 is 0 Å². The summed E-state index contributed by atoms with van der Waals surface area (Å²) in [7, 11) is -4.67. The molecule has 0 rings (SSSR count). The van der Waals surface area contributed by atoms with Crippen LogP contribution in [-0.2, 0) is 10.4 Å². The molecule has 0 aromatic carbocycles. The molecule has 0 aliphatic heterocycles. The van der Waals surface area contributed by atoms with Crippen LogP contribution in [0, 0.1) is 0 Å². The van der Waals surface area contributed by atoms with E-state index in [9.17, 15) is 0 Å². The van der Waals surface area contributed by atoms with E-state index in [1.165, 1.54) is 0 Å². The van der Waals surface area contributed by atoms with Crippen LogP contribution in [0.15, 0.2) is 0 Å². The van der Waals surface area contributed by atoms with Gasteiger partial charge in [0, 0.05) is 0 Å². The summed E-state index contributed by atoms with van der Waals surface area (Å²) in [5.74, 6) is 0. The van der Waals surface area contributed by atoms with Crippen molar-refractivity contribution in [3.05, 3.63) is 0 Å². The molecule has 0 aliphatic rings. The molecule has 7 heavy (non-hydrogen) atoms. The SMILES string of the molecule is O=S(=O)(O)O.[Be+2].[Ca+2].[H-].[H-].[H-].[H-]. The Labute approximate surface area is 81.0 Å². The molecule has 2 N–H and O–H groups in total. The van der Waals surface area contributed by atoms with Gasteiger partial charge in [-0.15, -0.1) is 0 Å². The summed E-state index contributed by atoms with van der Waals surface area (Å²) in [5.41, 5.74) is 0. The Morgan fingerprint density at radius 1 is 1.29 bits per heavy atom. The van der Waals surface area contributed by atoms with Crippen LogP contribution in [0.1, 0.15) is 5.71 Å². The van der Waals surface area contributed by atoms with Crippen molar-refractivity contribution in [3.8, 4) is 0 Å². The maximum atomic E-state index is 8.74. The van der Waals surface area contributed by atoms with E-state index in [0.717, 1.165) is 0 Å². The van der Waals surface area contributed by atoms with Gasteiger partial charge < -0.3 is 5.71 Å². The second-order valence-corrected chi connectivity index (χ2v) is 1.34.